The lowest BCUT2D eigenvalue weighted by atomic mass is 9.44. The highest BCUT2D eigenvalue weighted by atomic mass is 16.3. The fourth-order valence-electron chi connectivity index (χ4n) is 8.78. The molecule has 5 rings (SSSR count). The first-order chi connectivity index (χ1) is 16.0. The third kappa shape index (κ3) is 3.94. The van der Waals surface area contributed by atoms with Crippen LogP contribution in [0.4, 0.5) is 0 Å². The summed E-state index contributed by atoms with van der Waals surface area (Å²) in [7, 11) is 0. The molecular weight excluding hydrogens is 422 g/mol. The van der Waals surface area contributed by atoms with Gasteiger partial charge in [-0.05, 0) is 92.9 Å². The van der Waals surface area contributed by atoms with Gasteiger partial charge in [0.15, 0.2) is 0 Å². The fourth-order valence-corrected chi connectivity index (χ4v) is 8.78. The average molecular weight is 466 g/mol. The first kappa shape index (κ1) is 24.0. The molecule has 4 aliphatic carbocycles. The Balaban J connectivity index is 1.30. The van der Waals surface area contributed by atoms with Crippen LogP contribution in [-0.4, -0.2) is 33.8 Å². The van der Waals surface area contributed by atoms with Gasteiger partial charge in [-0.2, -0.15) is 0 Å². The summed E-state index contributed by atoms with van der Waals surface area (Å²) in [4.78, 5) is 27.0. The summed E-state index contributed by atoms with van der Waals surface area (Å²) in [5.74, 6) is 2.97. The van der Waals surface area contributed by atoms with Gasteiger partial charge in [-0.25, -0.2) is 0 Å². The molecule has 4 saturated carbocycles. The summed E-state index contributed by atoms with van der Waals surface area (Å²) in [6.45, 7) is 9.41. The van der Waals surface area contributed by atoms with Crippen molar-refractivity contribution in [2.24, 2.45) is 34.5 Å². The molecule has 0 aliphatic heterocycles. The van der Waals surface area contributed by atoms with E-state index in [2.05, 4.69) is 45.0 Å². The molecule has 0 unspecified atom stereocenters. The monoisotopic (exact) mass is 465 g/mol. The number of aliphatic hydroxyl groups is 1. The number of Topliss-reactive ketones (excluding diaryl/α,β-unsaturated/α-hetero) is 1. The molecule has 34 heavy (non-hydrogen) atoms. The van der Waals surface area contributed by atoms with E-state index in [1.165, 1.54) is 18.4 Å². The van der Waals surface area contributed by atoms with E-state index < -0.39 is 5.60 Å². The van der Waals surface area contributed by atoms with Crippen LogP contribution in [0.3, 0.4) is 0 Å². The van der Waals surface area contributed by atoms with Crippen molar-refractivity contribution in [3.63, 3.8) is 0 Å². The van der Waals surface area contributed by atoms with Gasteiger partial charge in [-0.15, -0.1) is 0 Å². The smallest absolute Gasteiger partial charge is 0.219 e. The molecule has 0 aromatic heterocycles. The number of ketones is 1. The maximum atomic E-state index is 12.7. The topological polar surface area (TPSA) is 57.6 Å². The first-order valence-electron chi connectivity index (χ1n) is 13.6. The van der Waals surface area contributed by atoms with Gasteiger partial charge in [0.25, 0.3) is 0 Å². The fraction of sp³-hybridized carbons (Fsp3) is 0.733. The normalized spacial score (nSPS) is 41.4. The van der Waals surface area contributed by atoms with Crippen LogP contribution >= 0.6 is 0 Å². The van der Waals surface area contributed by atoms with Crippen molar-refractivity contribution in [3.05, 3.63) is 35.4 Å². The van der Waals surface area contributed by atoms with Crippen molar-refractivity contribution in [2.45, 2.75) is 97.6 Å². The van der Waals surface area contributed by atoms with Crippen molar-refractivity contribution in [1.82, 2.24) is 4.90 Å². The number of fused-ring (bicyclic) bond motifs is 5. The van der Waals surface area contributed by atoms with Gasteiger partial charge in [0.05, 0.1) is 5.60 Å². The van der Waals surface area contributed by atoms with Crippen LogP contribution in [0.2, 0.25) is 0 Å². The zero-order valence-corrected chi connectivity index (χ0v) is 21.6. The number of carbonyl (C=O) groups excluding carboxylic acids is 2. The number of aryl methyl sites for hydroxylation is 1. The first-order valence-corrected chi connectivity index (χ1v) is 13.6. The van der Waals surface area contributed by atoms with E-state index in [9.17, 15) is 14.7 Å². The van der Waals surface area contributed by atoms with E-state index in [1.807, 2.05) is 4.90 Å². The van der Waals surface area contributed by atoms with Crippen LogP contribution in [0, 0.1) is 41.4 Å². The molecule has 0 saturated heterocycles. The van der Waals surface area contributed by atoms with E-state index in [4.69, 9.17) is 0 Å². The van der Waals surface area contributed by atoms with Crippen LogP contribution in [-0.2, 0) is 16.1 Å². The maximum absolute atomic E-state index is 12.7. The number of benzene rings is 1. The van der Waals surface area contributed by atoms with E-state index in [0.717, 1.165) is 50.5 Å². The molecule has 186 valence electrons. The molecule has 4 heteroatoms. The molecule has 4 nitrogen and oxygen atoms in total. The molecule has 1 amide bonds. The largest absolute Gasteiger partial charge is 0.388 e. The highest BCUT2D eigenvalue weighted by Crippen LogP contribution is 2.66. The van der Waals surface area contributed by atoms with E-state index in [-0.39, 0.29) is 16.7 Å². The Morgan fingerprint density at radius 2 is 1.76 bits per heavy atom. The van der Waals surface area contributed by atoms with Gasteiger partial charge in [-0.1, -0.05) is 43.7 Å². The number of hydrogen-bond acceptors (Lipinski definition) is 3. The molecule has 0 radical (unpaired) electrons. The third-order valence-electron chi connectivity index (χ3n) is 11.0. The summed E-state index contributed by atoms with van der Waals surface area (Å²) < 4.78 is 0. The molecule has 1 N–H and O–H groups in total. The Bertz CT molecular complexity index is 956. The van der Waals surface area contributed by atoms with Crippen LogP contribution in [0.15, 0.2) is 24.3 Å². The Hall–Kier alpha value is -1.68. The summed E-state index contributed by atoms with van der Waals surface area (Å²) in [6.07, 6.45) is 9.05. The second kappa shape index (κ2) is 8.47. The summed E-state index contributed by atoms with van der Waals surface area (Å²) >= 11 is 0. The van der Waals surface area contributed by atoms with Gasteiger partial charge in [0.2, 0.25) is 5.91 Å². The molecule has 7 atom stereocenters. The van der Waals surface area contributed by atoms with Crippen LogP contribution < -0.4 is 0 Å². The average Bonchev–Trinajstić information content (AvgIpc) is 3.10. The van der Waals surface area contributed by atoms with Crippen molar-refractivity contribution < 1.29 is 14.7 Å². The Morgan fingerprint density at radius 1 is 1.03 bits per heavy atom. The van der Waals surface area contributed by atoms with Gasteiger partial charge >= 0.3 is 0 Å². The predicted molar refractivity (Wildman–Crippen MR) is 134 cm³/mol. The van der Waals surface area contributed by atoms with E-state index >= 15 is 0 Å². The molecule has 0 bridgehead atoms. The number of amides is 1. The van der Waals surface area contributed by atoms with Gasteiger partial charge in [-0.3, -0.25) is 9.59 Å². The second-order valence-electron chi connectivity index (χ2n) is 12.9. The van der Waals surface area contributed by atoms with Gasteiger partial charge < -0.3 is 10.0 Å². The Kier molecular flexibility index (Phi) is 5.98. The standard InChI is InChI=1S/C30H43NO3/c1-20-5-7-22(8-6-20)18-31(21(2)32)19-30(34)16-15-28(3)23(17-30)9-10-24-25-11-12-27(33)29(25,4)14-13-26(24)28/h5-8,23-26,34H,9-19H2,1-4H3/t23-,24-,25-,26-,28-,29-,30+/m0/s1. The zero-order chi connectivity index (χ0) is 24.3. The molecular formula is C30H43NO3. The highest BCUT2D eigenvalue weighted by molar-refractivity contribution is 5.87. The molecule has 1 aromatic carbocycles. The molecule has 0 heterocycles. The van der Waals surface area contributed by atoms with Crippen molar-refractivity contribution >= 4 is 11.7 Å². The molecule has 1 aromatic rings. The number of rotatable bonds is 4. The van der Waals surface area contributed by atoms with Gasteiger partial charge in [0, 0.05) is 31.8 Å². The van der Waals surface area contributed by atoms with E-state index in [0.29, 0.717) is 42.5 Å². The Morgan fingerprint density at radius 3 is 2.47 bits per heavy atom. The Labute approximate surface area is 205 Å². The third-order valence-corrected chi connectivity index (χ3v) is 11.0. The van der Waals surface area contributed by atoms with E-state index in [1.54, 1.807) is 6.92 Å². The van der Waals surface area contributed by atoms with Crippen molar-refractivity contribution in [3.8, 4) is 0 Å². The summed E-state index contributed by atoms with van der Waals surface area (Å²) in [5, 5.41) is 11.7. The quantitative estimate of drug-likeness (QED) is 0.622. The van der Waals surface area contributed by atoms with Gasteiger partial charge in [0.1, 0.15) is 5.78 Å². The lowest BCUT2D eigenvalue weighted by Crippen LogP contribution is -2.58. The second-order valence-corrected chi connectivity index (χ2v) is 12.9. The van der Waals surface area contributed by atoms with Crippen LogP contribution in [0.5, 0.6) is 0 Å². The number of hydrogen-bond donors (Lipinski definition) is 1. The predicted octanol–water partition coefficient (Wildman–Crippen LogP) is 5.69. The number of nitrogens with zero attached hydrogens (tertiary/aromatic N) is 1. The molecule has 4 fully saturated rings. The minimum absolute atomic E-state index is 0.0310. The summed E-state index contributed by atoms with van der Waals surface area (Å²) in [5.41, 5.74) is 1.70. The minimum atomic E-state index is -0.806. The molecule has 4 aliphatic rings. The minimum Gasteiger partial charge on any atom is -0.388 e. The number of carbonyl (C=O) groups is 2. The zero-order valence-electron chi connectivity index (χ0n) is 21.6. The maximum Gasteiger partial charge on any atom is 0.219 e. The van der Waals surface area contributed by atoms with Crippen LogP contribution in [0.1, 0.15) is 89.7 Å². The van der Waals surface area contributed by atoms with Crippen LogP contribution in [0.25, 0.3) is 0 Å². The van der Waals surface area contributed by atoms with Crippen molar-refractivity contribution in [2.75, 3.05) is 6.54 Å². The lowest BCUT2D eigenvalue weighted by molar-refractivity contribution is -0.161. The lowest BCUT2D eigenvalue weighted by Gasteiger charge is -2.61. The summed E-state index contributed by atoms with van der Waals surface area (Å²) in [6, 6.07) is 8.33. The molecule has 0 spiro atoms. The SMILES string of the molecule is CC(=O)N(Cc1ccc(C)cc1)C[C@@]1(O)CC[C@@]2(C)[C@@H](CC[C@@H]3[C@@H]2CC[C@]2(C)C(=O)CC[C@@H]32)C1. The van der Waals surface area contributed by atoms with Crippen molar-refractivity contribution in [1.29, 1.82) is 0 Å². The highest BCUT2D eigenvalue weighted by Gasteiger charge is 2.61.